The second-order valence-corrected chi connectivity index (χ2v) is 5.48. The Morgan fingerprint density at radius 3 is 2.33 bits per heavy atom. The van der Waals surface area contributed by atoms with E-state index in [2.05, 4.69) is 15.9 Å². The summed E-state index contributed by atoms with van der Waals surface area (Å²) in [5, 5.41) is 0. The fourth-order valence-corrected chi connectivity index (χ4v) is 2.70. The number of ether oxygens (including phenoxy) is 2. The van der Waals surface area contributed by atoms with Gasteiger partial charge >= 0.3 is 0 Å². The second kappa shape index (κ2) is 6.45. The molecule has 2 aromatic rings. The van der Waals surface area contributed by atoms with E-state index >= 15 is 0 Å². The zero-order valence-electron chi connectivity index (χ0n) is 12.1. The van der Waals surface area contributed by atoms with Crippen LogP contribution in [0.2, 0.25) is 0 Å². The largest absolute Gasteiger partial charge is 0.493 e. The fraction of sp³-hybridized carbons (Fsp3) is 0.250. The lowest BCUT2D eigenvalue weighted by Gasteiger charge is -2.18. The van der Waals surface area contributed by atoms with Crippen LogP contribution in [0.4, 0.5) is 4.39 Å². The normalized spacial score (nSPS) is 12.1. The zero-order chi connectivity index (χ0) is 15.6. The van der Waals surface area contributed by atoms with Crippen molar-refractivity contribution in [1.82, 2.24) is 0 Å². The van der Waals surface area contributed by atoms with Crippen molar-refractivity contribution in [2.24, 2.45) is 5.73 Å². The monoisotopic (exact) mass is 353 g/mol. The van der Waals surface area contributed by atoms with Gasteiger partial charge in [0, 0.05) is 16.1 Å². The Kier molecular flexibility index (Phi) is 4.85. The van der Waals surface area contributed by atoms with Crippen LogP contribution in [0.5, 0.6) is 11.5 Å². The van der Waals surface area contributed by atoms with Crippen LogP contribution in [0, 0.1) is 12.7 Å². The van der Waals surface area contributed by atoms with Gasteiger partial charge in [0.05, 0.1) is 20.3 Å². The van der Waals surface area contributed by atoms with Crippen LogP contribution >= 0.6 is 15.9 Å². The number of methoxy groups -OCH3 is 2. The number of nitrogens with two attached hydrogens (primary N) is 1. The highest BCUT2D eigenvalue weighted by Crippen LogP contribution is 2.36. The molecule has 21 heavy (non-hydrogen) atoms. The molecule has 0 aliphatic rings. The molecule has 1 atom stereocenters. The molecule has 1 unspecified atom stereocenters. The molecule has 2 aromatic carbocycles. The van der Waals surface area contributed by atoms with E-state index < -0.39 is 11.9 Å². The van der Waals surface area contributed by atoms with Crippen molar-refractivity contribution in [3.8, 4) is 11.5 Å². The van der Waals surface area contributed by atoms with Crippen LogP contribution < -0.4 is 15.2 Å². The Labute approximate surface area is 132 Å². The Hall–Kier alpha value is -1.59. The van der Waals surface area contributed by atoms with E-state index in [1.807, 2.05) is 25.1 Å². The van der Waals surface area contributed by atoms with E-state index in [0.29, 0.717) is 17.1 Å². The van der Waals surface area contributed by atoms with Gasteiger partial charge in [-0.05, 0) is 24.1 Å². The molecule has 0 aliphatic heterocycles. The lowest BCUT2D eigenvalue weighted by atomic mass is 9.97. The number of rotatable bonds is 4. The molecular formula is C16H17BrFNO2. The van der Waals surface area contributed by atoms with Crippen molar-refractivity contribution in [1.29, 1.82) is 0 Å². The number of hydrogen-bond donors (Lipinski definition) is 1. The average Bonchev–Trinajstić information content (AvgIpc) is 2.49. The summed E-state index contributed by atoms with van der Waals surface area (Å²) in [6, 6.07) is 8.00. The first-order chi connectivity index (χ1) is 9.99. The van der Waals surface area contributed by atoms with Crippen LogP contribution in [0.1, 0.15) is 22.7 Å². The standard InChI is InChI=1S/C16H17BrFNO2/c1-9-5-4-6-10(15(9)17)16(19)11-7-13(20-2)14(21-3)8-12(11)18/h4-8,16H,19H2,1-3H3. The molecule has 5 heteroatoms. The molecule has 3 nitrogen and oxygen atoms in total. The first-order valence-electron chi connectivity index (χ1n) is 6.41. The van der Waals surface area contributed by atoms with Crippen molar-refractivity contribution in [2.75, 3.05) is 14.2 Å². The van der Waals surface area contributed by atoms with Gasteiger partial charge in [-0.3, -0.25) is 0 Å². The van der Waals surface area contributed by atoms with Crippen molar-refractivity contribution in [3.05, 3.63) is 57.3 Å². The van der Waals surface area contributed by atoms with Gasteiger partial charge in [-0.1, -0.05) is 34.1 Å². The predicted molar refractivity (Wildman–Crippen MR) is 84.4 cm³/mol. The third-order valence-corrected chi connectivity index (χ3v) is 4.48. The molecule has 0 saturated carbocycles. The molecule has 0 heterocycles. The minimum absolute atomic E-state index is 0.342. The maximum absolute atomic E-state index is 14.3. The molecule has 0 fully saturated rings. The van der Waals surface area contributed by atoms with Crippen molar-refractivity contribution in [3.63, 3.8) is 0 Å². The lowest BCUT2D eigenvalue weighted by Crippen LogP contribution is -2.15. The summed E-state index contributed by atoms with van der Waals surface area (Å²) in [6.45, 7) is 1.96. The highest BCUT2D eigenvalue weighted by atomic mass is 79.9. The summed E-state index contributed by atoms with van der Waals surface area (Å²) in [5.74, 6) is 0.371. The molecule has 0 saturated heterocycles. The molecule has 0 bridgehead atoms. The molecule has 2 N–H and O–H groups in total. The van der Waals surface area contributed by atoms with Crippen LogP contribution in [0.25, 0.3) is 0 Å². The molecule has 2 rings (SSSR count). The first-order valence-corrected chi connectivity index (χ1v) is 7.21. The van der Waals surface area contributed by atoms with E-state index in [1.165, 1.54) is 20.3 Å². The highest BCUT2D eigenvalue weighted by Gasteiger charge is 2.20. The van der Waals surface area contributed by atoms with Gasteiger partial charge < -0.3 is 15.2 Å². The number of aryl methyl sites for hydroxylation is 1. The summed E-state index contributed by atoms with van der Waals surface area (Å²) in [5.41, 5.74) is 8.46. The van der Waals surface area contributed by atoms with E-state index in [4.69, 9.17) is 15.2 Å². The maximum atomic E-state index is 14.3. The fourth-order valence-electron chi connectivity index (χ4n) is 2.19. The van der Waals surface area contributed by atoms with E-state index in [1.54, 1.807) is 6.07 Å². The predicted octanol–water partition coefficient (Wildman–Crippen LogP) is 3.96. The van der Waals surface area contributed by atoms with E-state index in [0.717, 1.165) is 15.6 Å². The lowest BCUT2D eigenvalue weighted by molar-refractivity contribution is 0.351. The summed E-state index contributed by atoms with van der Waals surface area (Å²) in [6.07, 6.45) is 0. The van der Waals surface area contributed by atoms with Crippen molar-refractivity contribution in [2.45, 2.75) is 13.0 Å². The third-order valence-electron chi connectivity index (χ3n) is 3.39. The summed E-state index contributed by atoms with van der Waals surface area (Å²) < 4.78 is 25.5. The van der Waals surface area contributed by atoms with Gasteiger partial charge in [-0.25, -0.2) is 4.39 Å². The molecule has 0 spiro atoms. The van der Waals surface area contributed by atoms with Gasteiger partial charge in [0.25, 0.3) is 0 Å². The van der Waals surface area contributed by atoms with Crippen LogP contribution in [0.3, 0.4) is 0 Å². The van der Waals surface area contributed by atoms with Gasteiger partial charge in [0.15, 0.2) is 11.5 Å². The van der Waals surface area contributed by atoms with Crippen LogP contribution in [-0.4, -0.2) is 14.2 Å². The van der Waals surface area contributed by atoms with Gasteiger partial charge in [0.1, 0.15) is 5.82 Å². The third kappa shape index (κ3) is 3.04. The van der Waals surface area contributed by atoms with Gasteiger partial charge in [-0.2, -0.15) is 0 Å². The zero-order valence-corrected chi connectivity index (χ0v) is 13.7. The summed E-state index contributed by atoms with van der Waals surface area (Å²) in [7, 11) is 2.97. The summed E-state index contributed by atoms with van der Waals surface area (Å²) >= 11 is 3.51. The Morgan fingerprint density at radius 1 is 1.10 bits per heavy atom. The van der Waals surface area contributed by atoms with E-state index in [-0.39, 0.29) is 0 Å². The number of hydrogen-bond acceptors (Lipinski definition) is 3. The Balaban J connectivity index is 2.53. The molecule has 0 aliphatic carbocycles. The second-order valence-electron chi connectivity index (χ2n) is 4.68. The molecule has 0 radical (unpaired) electrons. The molecule has 0 aromatic heterocycles. The average molecular weight is 354 g/mol. The highest BCUT2D eigenvalue weighted by molar-refractivity contribution is 9.10. The summed E-state index contributed by atoms with van der Waals surface area (Å²) in [4.78, 5) is 0. The molecular weight excluding hydrogens is 337 g/mol. The molecule has 112 valence electrons. The molecule has 0 amide bonds. The van der Waals surface area contributed by atoms with Crippen LogP contribution in [0.15, 0.2) is 34.8 Å². The minimum atomic E-state index is -0.598. The minimum Gasteiger partial charge on any atom is -0.493 e. The van der Waals surface area contributed by atoms with Crippen molar-refractivity contribution >= 4 is 15.9 Å². The smallest absolute Gasteiger partial charge is 0.163 e. The Morgan fingerprint density at radius 2 is 1.71 bits per heavy atom. The van der Waals surface area contributed by atoms with Crippen LogP contribution in [-0.2, 0) is 0 Å². The van der Waals surface area contributed by atoms with Gasteiger partial charge in [0.2, 0.25) is 0 Å². The van der Waals surface area contributed by atoms with E-state index in [9.17, 15) is 4.39 Å². The van der Waals surface area contributed by atoms with Gasteiger partial charge in [-0.15, -0.1) is 0 Å². The quantitative estimate of drug-likeness (QED) is 0.904. The topological polar surface area (TPSA) is 44.5 Å². The first kappa shape index (κ1) is 15.8. The number of benzene rings is 2. The van der Waals surface area contributed by atoms with Crippen molar-refractivity contribution < 1.29 is 13.9 Å². The maximum Gasteiger partial charge on any atom is 0.163 e. The SMILES string of the molecule is COc1cc(F)c(C(N)c2cccc(C)c2Br)cc1OC. The Bertz CT molecular complexity index is 661. The number of halogens is 2.